The fourth-order valence-electron chi connectivity index (χ4n) is 1.65. The standard InChI is InChI=1S/2C7H8O4S.Ca/c2*1-11-6-4-2-3-5-7(6)12(8,9)10;/h2*2-5H,1H3,(H,8,9,10);/q;;+2/p-2. The Balaban J connectivity index is 0.000000443. The van der Waals surface area contributed by atoms with E-state index in [1.165, 1.54) is 50.6 Å². The molecule has 0 aliphatic heterocycles. The largest absolute Gasteiger partial charge is 2.00 e. The second-order valence-corrected chi connectivity index (χ2v) is 6.91. The Labute approximate surface area is 176 Å². The van der Waals surface area contributed by atoms with Gasteiger partial charge in [-0.05, 0) is 24.3 Å². The van der Waals surface area contributed by atoms with Gasteiger partial charge >= 0.3 is 37.7 Å². The Morgan fingerprint density at radius 2 is 0.960 bits per heavy atom. The van der Waals surface area contributed by atoms with Crippen LogP contribution in [0.15, 0.2) is 58.3 Å². The van der Waals surface area contributed by atoms with Crippen LogP contribution in [0, 0.1) is 0 Å². The average Bonchev–Trinajstić information content (AvgIpc) is 2.53. The summed E-state index contributed by atoms with van der Waals surface area (Å²) in [7, 11) is -6.22. The molecule has 0 saturated heterocycles. The van der Waals surface area contributed by atoms with Gasteiger partial charge in [0.1, 0.15) is 31.7 Å². The zero-order chi connectivity index (χ0) is 18.4. The van der Waals surface area contributed by atoms with Gasteiger partial charge in [0.25, 0.3) is 0 Å². The van der Waals surface area contributed by atoms with Crippen molar-refractivity contribution in [2.75, 3.05) is 14.2 Å². The van der Waals surface area contributed by atoms with E-state index in [1.807, 2.05) is 0 Å². The van der Waals surface area contributed by atoms with Crippen molar-refractivity contribution in [3.05, 3.63) is 48.5 Å². The molecular weight excluding hydrogens is 400 g/mol. The van der Waals surface area contributed by atoms with Crippen LogP contribution >= 0.6 is 0 Å². The third-order valence-electron chi connectivity index (χ3n) is 2.68. The molecule has 2 rings (SSSR count). The molecule has 0 aromatic heterocycles. The second kappa shape index (κ2) is 10.3. The van der Waals surface area contributed by atoms with Crippen LogP contribution in [-0.4, -0.2) is 77.9 Å². The molecule has 2 aromatic carbocycles. The molecule has 0 radical (unpaired) electrons. The van der Waals surface area contributed by atoms with E-state index in [4.69, 9.17) is 9.47 Å². The summed E-state index contributed by atoms with van der Waals surface area (Å²) in [4.78, 5) is -0.653. The smallest absolute Gasteiger partial charge is 0.744 e. The van der Waals surface area contributed by atoms with Crippen molar-refractivity contribution in [3.8, 4) is 11.5 Å². The molecule has 132 valence electrons. The molecule has 0 saturated carbocycles. The van der Waals surface area contributed by atoms with Crippen LogP contribution in [0.2, 0.25) is 0 Å². The summed E-state index contributed by atoms with van der Waals surface area (Å²) in [5.41, 5.74) is 0. The molecule has 0 aliphatic carbocycles. The number of hydrogen-bond acceptors (Lipinski definition) is 8. The van der Waals surface area contributed by atoms with Crippen molar-refractivity contribution in [1.29, 1.82) is 0 Å². The van der Waals surface area contributed by atoms with Gasteiger partial charge in [-0.25, -0.2) is 16.8 Å². The average molecular weight is 414 g/mol. The SMILES string of the molecule is COc1ccccc1S(=O)(=O)[O-].COc1ccccc1S(=O)(=O)[O-].[Ca+2]. The summed E-state index contributed by atoms with van der Waals surface area (Å²) in [5, 5.41) is 0. The maximum absolute atomic E-state index is 10.6. The van der Waals surface area contributed by atoms with Crippen molar-refractivity contribution in [2.24, 2.45) is 0 Å². The van der Waals surface area contributed by atoms with E-state index in [0.717, 1.165) is 0 Å². The van der Waals surface area contributed by atoms with Gasteiger partial charge in [0.2, 0.25) is 0 Å². The van der Waals surface area contributed by atoms with E-state index < -0.39 is 20.2 Å². The van der Waals surface area contributed by atoms with Crippen molar-refractivity contribution in [1.82, 2.24) is 0 Å². The molecule has 2 aromatic rings. The summed E-state index contributed by atoms with van der Waals surface area (Å²) in [6.45, 7) is 0. The monoisotopic (exact) mass is 414 g/mol. The summed E-state index contributed by atoms with van der Waals surface area (Å²) in [6, 6.07) is 11.4. The van der Waals surface area contributed by atoms with E-state index >= 15 is 0 Å². The molecule has 0 atom stereocenters. The van der Waals surface area contributed by atoms with Crippen molar-refractivity contribution in [2.45, 2.75) is 9.79 Å². The number of methoxy groups -OCH3 is 2. The predicted molar refractivity (Wildman–Crippen MR) is 87.7 cm³/mol. The van der Waals surface area contributed by atoms with E-state index in [0.29, 0.717) is 0 Å². The Morgan fingerprint density at radius 1 is 0.680 bits per heavy atom. The zero-order valence-electron chi connectivity index (χ0n) is 13.4. The molecular formula is C14H14CaO8S2. The van der Waals surface area contributed by atoms with E-state index in [9.17, 15) is 25.9 Å². The molecule has 0 bridgehead atoms. The quantitative estimate of drug-likeness (QED) is 0.530. The van der Waals surface area contributed by atoms with E-state index in [-0.39, 0.29) is 59.0 Å². The van der Waals surface area contributed by atoms with Gasteiger partial charge in [-0.3, -0.25) is 0 Å². The fraction of sp³-hybridized carbons (Fsp3) is 0.143. The predicted octanol–water partition coefficient (Wildman–Crippen LogP) is 0.818. The maximum atomic E-state index is 10.6. The fourth-order valence-corrected chi connectivity index (χ4v) is 2.94. The van der Waals surface area contributed by atoms with Crippen molar-refractivity contribution < 1.29 is 35.4 Å². The Morgan fingerprint density at radius 3 is 1.16 bits per heavy atom. The number of para-hydroxylation sites is 2. The number of rotatable bonds is 4. The van der Waals surface area contributed by atoms with E-state index in [1.54, 1.807) is 12.1 Å². The number of ether oxygens (including phenoxy) is 2. The van der Waals surface area contributed by atoms with Crippen LogP contribution in [-0.2, 0) is 20.2 Å². The van der Waals surface area contributed by atoms with Crippen LogP contribution < -0.4 is 9.47 Å². The maximum Gasteiger partial charge on any atom is 2.00 e. The minimum absolute atomic E-state index is 0. The summed E-state index contributed by atoms with van der Waals surface area (Å²) < 4.78 is 72.8. The van der Waals surface area contributed by atoms with Gasteiger partial charge < -0.3 is 18.6 Å². The Hall–Kier alpha value is -0.880. The first-order valence-corrected chi connectivity index (χ1v) is 9.10. The molecule has 0 aliphatic rings. The second-order valence-electron chi connectivity index (χ2n) is 4.21. The summed E-state index contributed by atoms with van der Waals surface area (Å²) in [6.07, 6.45) is 0. The van der Waals surface area contributed by atoms with Crippen LogP contribution in [0.25, 0.3) is 0 Å². The van der Waals surface area contributed by atoms with Gasteiger partial charge in [-0.1, -0.05) is 24.3 Å². The Kier molecular flexibility index (Phi) is 9.95. The minimum atomic E-state index is -4.42. The number of hydrogen-bond donors (Lipinski definition) is 0. The van der Waals surface area contributed by atoms with Gasteiger partial charge in [0.15, 0.2) is 0 Å². The molecule has 25 heavy (non-hydrogen) atoms. The van der Waals surface area contributed by atoms with Gasteiger partial charge in [0, 0.05) is 0 Å². The third-order valence-corrected chi connectivity index (χ3v) is 4.43. The topological polar surface area (TPSA) is 133 Å². The molecule has 0 spiro atoms. The van der Waals surface area contributed by atoms with Crippen LogP contribution in [0.5, 0.6) is 11.5 Å². The normalized spacial score (nSPS) is 10.7. The molecule has 11 heteroatoms. The van der Waals surface area contributed by atoms with Crippen molar-refractivity contribution >= 4 is 58.0 Å². The Bertz CT molecular complexity index is 819. The van der Waals surface area contributed by atoms with Gasteiger partial charge in [-0.15, -0.1) is 0 Å². The van der Waals surface area contributed by atoms with Crippen LogP contribution in [0.1, 0.15) is 0 Å². The van der Waals surface area contributed by atoms with Gasteiger partial charge in [0.05, 0.1) is 24.0 Å². The molecule has 0 heterocycles. The molecule has 0 unspecified atom stereocenters. The molecule has 0 amide bonds. The van der Waals surface area contributed by atoms with Crippen LogP contribution in [0.4, 0.5) is 0 Å². The third kappa shape index (κ3) is 7.48. The molecule has 0 fully saturated rings. The molecule has 0 N–H and O–H groups in total. The first kappa shape index (κ1) is 24.1. The van der Waals surface area contributed by atoms with Crippen LogP contribution in [0.3, 0.4) is 0 Å². The first-order chi connectivity index (χ1) is 11.1. The molecule has 8 nitrogen and oxygen atoms in total. The minimum Gasteiger partial charge on any atom is -0.744 e. The number of benzene rings is 2. The summed E-state index contributed by atoms with van der Waals surface area (Å²) in [5.74, 6) is 0.153. The zero-order valence-corrected chi connectivity index (χ0v) is 17.2. The van der Waals surface area contributed by atoms with Crippen molar-refractivity contribution in [3.63, 3.8) is 0 Å². The van der Waals surface area contributed by atoms with Gasteiger partial charge in [-0.2, -0.15) is 0 Å². The first-order valence-electron chi connectivity index (χ1n) is 6.29. The van der Waals surface area contributed by atoms with E-state index in [2.05, 4.69) is 0 Å². The summed E-state index contributed by atoms with van der Waals surface area (Å²) >= 11 is 0.